The molecule has 0 aliphatic rings. The summed E-state index contributed by atoms with van der Waals surface area (Å²) in [5.41, 5.74) is 2.66. The quantitative estimate of drug-likeness (QED) is 0.733. The highest BCUT2D eigenvalue weighted by atomic mass is 32.2. The maximum Gasteiger partial charge on any atom is 0.240 e. The van der Waals surface area contributed by atoms with Gasteiger partial charge in [-0.25, -0.2) is 13.1 Å². The van der Waals surface area contributed by atoms with Crippen LogP contribution in [0.1, 0.15) is 17.0 Å². The van der Waals surface area contributed by atoms with E-state index in [1.54, 1.807) is 31.2 Å². The number of benzene rings is 2. The molecule has 3 rings (SSSR count). The number of aryl methyl sites for hydroxylation is 2. The molecule has 0 amide bonds. The lowest BCUT2D eigenvalue weighted by molar-refractivity contribution is 0.379. The summed E-state index contributed by atoms with van der Waals surface area (Å²) in [4.78, 5) is 4.62. The predicted molar refractivity (Wildman–Crippen MR) is 94.5 cm³/mol. The van der Waals surface area contributed by atoms with Gasteiger partial charge in [0.25, 0.3) is 0 Å². The van der Waals surface area contributed by atoms with Crippen molar-refractivity contribution >= 4 is 10.0 Å². The maximum absolute atomic E-state index is 12.3. The lowest BCUT2D eigenvalue weighted by atomic mass is 10.1. The normalized spacial score (nSPS) is 11.6. The van der Waals surface area contributed by atoms with Gasteiger partial charge in [0.15, 0.2) is 0 Å². The first-order chi connectivity index (χ1) is 12.0. The van der Waals surface area contributed by atoms with Gasteiger partial charge in [0.05, 0.1) is 4.90 Å². The van der Waals surface area contributed by atoms with Crippen LogP contribution in [-0.2, 0) is 16.4 Å². The van der Waals surface area contributed by atoms with Gasteiger partial charge in [0.2, 0.25) is 21.7 Å². The number of hydrogen-bond donors (Lipinski definition) is 1. The number of aromatic nitrogens is 2. The zero-order chi connectivity index (χ0) is 17.9. The van der Waals surface area contributed by atoms with E-state index < -0.39 is 10.0 Å². The minimum atomic E-state index is -3.55. The van der Waals surface area contributed by atoms with E-state index in [9.17, 15) is 8.42 Å². The van der Waals surface area contributed by atoms with Gasteiger partial charge in [-0.1, -0.05) is 47.6 Å². The molecule has 3 aromatic rings. The highest BCUT2D eigenvalue weighted by Crippen LogP contribution is 2.20. The third kappa shape index (κ3) is 3.94. The molecule has 0 fully saturated rings. The molecule has 0 saturated heterocycles. The Balaban J connectivity index is 1.65. The summed E-state index contributed by atoms with van der Waals surface area (Å²) < 4.78 is 32.5. The number of nitrogens with zero attached hydrogens (tertiary/aromatic N) is 2. The van der Waals surface area contributed by atoms with Gasteiger partial charge in [-0.15, -0.1) is 0 Å². The van der Waals surface area contributed by atoms with Crippen molar-refractivity contribution in [3.63, 3.8) is 0 Å². The number of sulfonamides is 1. The highest BCUT2D eigenvalue weighted by Gasteiger charge is 2.16. The Morgan fingerprint density at radius 2 is 1.68 bits per heavy atom. The number of hydrogen-bond acceptors (Lipinski definition) is 5. The smallest absolute Gasteiger partial charge is 0.240 e. The van der Waals surface area contributed by atoms with E-state index in [2.05, 4.69) is 14.9 Å². The van der Waals surface area contributed by atoms with Gasteiger partial charge in [0.1, 0.15) is 0 Å². The fourth-order valence-electron chi connectivity index (χ4n) is 2.52. The molecule has 2 aromatic carbocycles. The number of rotatable bonds is 6. The van der Waals surface area contributed by atoms with Crippen molar-refractivity contribution in [3.05, 3.63) is 65.5 Å². The second kappa shape index (κ2) is 7.16. The zero-order valence-corrected chi connectivity index (χ0v) is 14.9. The molecule has 6 nitrogen and oxygen atoms in total. The van der Waals surface area contributed by atoms with Crippen molar-refractivity contribution in [3.8, 4) is 11.4 Å². The first-order valence-electron chi connectivity index (χ1n) is 7.91. The Morgan fingerprint density at radius 1 is 1.00 bits per heavy atom. The van der Waals surface area contributed by atoms with Crippen molar-refractivity contribution in [2.75, 3.05) is 6.54 Å². The second-order valence-electron chi connectivity index (χ2n) is 5.74. The fourth-order valence-corrected chi connectivity index (χ4v) is 3.79. The van der Waals surface area contributed by atoms with Gasteiger partial charge in [-0.2, -0.15) is 4.98 Å². The van der Waals surface area contributed by atoms with Crippen LogP contribution in [0.2, 0.25) is 0 Å². The third-order valence-corrected chi connectivity index (χ3v) is 5.49. The van der Waals surface area contributed by atoms with Gasteiger partial charge in [-0.3, -0.25) is 0 Å². The van der Waals surface area contributed by atoms with E-state index in [4.69, 9.17) is 4.52 Å². The van der Waals surface area contributed by atoms with Crippen molar-refractivity contribution in [2.45, 2.75) is 25.2 Å². The zero-order valence-electron chi connectivity index (χ0n) is 14.1. The van der Waals surface area contributed by atoms with E-state index in [1.807, 2.05) is 31.2 Å². The summed E-state index contributed by atoms with van der Waals surface area (Å²) in [5, 5.41) is 3.97. The van der Waals surface area contributed by atoms with E-state index >= 15 is 0 Å². The molecule has 25 heavy (non-hydrogen) atoms. The molecule has 0 saturated carbocycles. The minimum Gasteiger partial charge on any atom is -0.339 e. The van der Waals surface area contributed by atoms with E-state index in [0.29, 0.717) is 23.7 Å². The third-order valence-electron chi connectivity index (χ3n) is 3.87. The van der Waals surface area contributed by atoms with Gasteiger partial charge >= 0.3 is 0 Å². The molecule has 130 valence electrons. The Morgan fingerprint density at radius 3 is 2.40 bits per heavy atom. The minimum absolute atomic E-state index is 0.187. The van der Waals surface area contributed by atoms with Crippen LogP contribution in [0.3, 0.4) is 0 Å². The molecule has 0 bridgehead atoms. The summed E-state index contributed by atoms with van der Waals surface area (Å²) in [6, 6.07) is 14.6. The van der Waals surface area contributed by atoms with Crippen molar-refractivity contribution < 1.29 is 12.9 Å². The van der Waals surface area contributed by atoms with Crippen LogP contribution in [0.25, 0.3) is 11.4 Å². The predicted octanol–water partition coefficient (Wildman–Crippen LogP) is 2.87. The molecule has 0 unspecified atom stereocenters. The van der Waals surface area contributed by atoms with E-state index in [-0.39, 0.29) is 11.4 Å². The van der Waals surface area contributed by atoms with Crippen LogP contribution in [-0.4, -0.2) is 25.1 Å². The summed E-state index contributed by atoms with van der Waals surface area (Å²) in [7, 11) is -3.55. The number of nitrogens with one attached hydrogen (secondary N) is 1. The molecule has 1 N–H and O–H groups in total. The molecule has 0 radical (unpaired) electrons. The summed E-state index contributed by atoms with van der Waals surface area (Å²) in [6.07, 6.45) is 0.323. The summed E-state index contributed by atoms with van der Waals surface area (Å²) in [5.74, 6) is 0.903. The first-order valence-corrected chi connectivity index (χ1v) is 9.39. The fraction of sp³-hybridized carbons (Fsp3) is 0.222. The maximum atomic E-state index is 12.3. The SMILES string of the molecule is Cc1ccccc1-c1noc(CCNS(=O)(=O)c2ccccc2C)n1. The Labute approximate surface area is 147 Å². The molecule has 1 heterocycles. The van der Waals surface area contributed by atoms with E-state index in [1.165, 1.54) is 0 Å². The van der Waals surface area contributed by atoms with Crippen LogP contribution in [0.5, 0.6) is 0 Å². The molecule has 1 aromatic heterocycles. The Kier molecular flexibility index (Phi) is 4.96. The Bertz CT molecular complexity index is 980. The lowest BCUT2D eigenvalue weighted by Crippen LogP contribution is -2.26. The molecule has 0 atom stereocenters. The van der Waals surface area contributed by atoms with Crippen molar-refractivity contribution in [1.82, 2.24) is 14.9 Å². The molecule has 0 spiro atoms. The first kappa shape index (κ1) is 17.3. The van der Waals surface area contributed by atoms with Gasteiger partial charge < -0.3 is 4.52 Å². The molecular weight excluding hydrogens is 338 g/mol. The molecule has 0 aliphatic heterocycles. The lowest BCUT2D eigenvalue weighted by Gasteiger charge is -2.07. The van der Waals surface area contributed by atoms with Crippen LogP contribution in [0, 0.1) is 13.8 Å². The van der Waals surface area contributed by atoms with Gasteiger partial charge in [-0.05, 0) is 31.0 Å². The monoisotopic (exact) mass is 357 g/mol. The molecular formula is C18H19N3O3S. The Hall–Kier alpha value is -2.51. The topological polar surface area (TPSA) is 85.1 Å². The largest absolute Gasteiger partial charge is 0.339 e. The van der Waals surface area contributed by atoms with Crippen molar-refractivity contribution in [2.24, 2.45) is 0 Å². The average Bonchev–Trinajstić information content (AvgIpc) is 3.04. The van der Waals surface area contributed by atoms with Crippen LogP contribution >= 0.6 is 0 Å². The average molecular weight is 357 g/mol. The van der Waals surface area contributed by atoms with Gasteiger partial charge in [0, 0.05) is 18.5 Å². The van der Waals surface area contributed by atoms with Crippen LogP contribution < -0.4 is 4.72 Å². The van der Waals surface area contributed by atoms with Crippen LogP contribution in [0.15, 0.2) is 57.9 Å². The van der Waals surface area contributed by atoms with E-state index in [0.717, 1.165) is 11.1 Å². The summed E-state index contributed by atoms with van der Waals surface area (Å²) in [6.45, 7) is 3.93. The standard InChI is InChI=1S/C18H19N3O3S/c1-13-7-3-5-9-15(13)18-20-17(24-21-18)11-12-19-25(22,23)16-10-6-4-8-14(16)2/h3-10,19H,11-12H2,1-2H3. The summed E-state index contributed by atoms with van der Waals surface area (Å²) >= 11 is 0. The highest BCUT2D eigenvalue weighted by molar-refractivity contribution is 7.89. The van der Waals surface area contributed by atoms with Crippen LogP contribution in [0.4, 0.5) is 0 Å². The molecule has 0 aliphatic carbocycles. The molecule has 7 heteroatoms. The second-order valence-corrected chi connectivity index (χ2v) is 7.48. The van der Waals surface area contributed by atoms with Crippen molar-refractivity contribution in [1.29, 1.82) is 0 Å².